The Morgan fingerprint density at radius 3 is 0.982 bits per heavy atom. The first kappa shape index (κ1) is 31.1. The van der Waals surface area contributed by atoms with Crippen molar-refractivity contribution in [2.24, 2.45) is 0 Å². The molecule has 256 valence electrons. The lowest BCUT2D eigenvalue weighted by Crippen LogP contribution is -1.97. The van der Waals surface area contributed by atoms with Crippen molar-refractivity contribution >= 4 is 38.1 Å². The van der Waals surface area contributed by atoms with E-state index in [0.717, 1.165) is 94.3 Å². The smallest absolute Gasteiger partial charge is 0.161 e. The van der Waals surface area contributed by atoms with Gasteiger partial charge in [0.25, 0.3) is 0 Å². The van der Waals surface area contributed by atoms with Crippen molar-refractivity contribution in [3.05, 3.63) is 188 Å². The van der Waals surface area contributed by atoms with Crippen LogP contribution in [0.3, 0.4) is 0 Å². The van der Waals surface area contributed by atoms with Gasteiger partial charge in [-0.15, -0.1) is 0 Å². The largest absolute Gasteiger partial charge is 0.308 e. The average Bonchev–Trinajstić information content (AvgIpc) is 3.80. The summed E-state index contributed by atoms with van der Waals surface area (Å²) in [6.45, 7) is 0. The van der Waals surface area contributed by atoms with Crippen molar-refractivity contribution < 1.29 is 0 Å². The minimum absolute atomic E-state index is 0.698. The van der Waals surface area contributed by atoms with Crippen LogP contribution >= 0.6 is 0 Å². The second-order valence-electron chi connectivity index (χ2n) is 13.8. The lowest BCUT2D eigenvalue weighted by Gasteiger charge is -2.11. The van der Waals surface area contributed by atoms with E-state index in [0.29, 0.717) is 11.6 Å². The molecule has 0 aliphatic rings. The second kappa shape index (κ2) is 12.6. The first-order valence-corrected chi connectivity index (χ1v) is 18.5. The molecule has 4 heterocycles. The van der Waals surface area contributed by atoms with Crippen LogP contribution in [0.15, 0.2) is 188 Å². The van der Waals surface area contributed by atoms with Gasteiger partial charge in [0.15, 0.2) is 11.6 Å². The molecule has 0 aliphatic heterocycles. The molecule has 0 atom stereocenters. The van der Waals surface area contributed by atoms with Gasteiger partial charge in [0.2, 0.25) is 0 Å². The molecule has 5 heteroatoms. The van der Waals surface area contributed by atoms with Crippen molar-refractivity contribution in [2.75, 3.05) is 0 Å². The number of benzene rings is 7. The molecule has 5 nitrogen and oxygen atoms in total. The summed E-state index contributed by atoms with van der Waals surface area (Å²) in [5, 5.41) is 4.58. The molecule has 0 radical (unpaired) electrons. The molecule has 7 aromatic carbocycles. The number of aromatic nitrogens is 5. The van der Waals surface area contributed by atoms with Crippen molar-refractivity contribution in [3.8, 4) is 67.8 Å². The molecule has 0 amide bonds. The summed E-state index contributed by atoms with van der Waals surface area (Å²) < 4.78 is 2.40. The van der Waals surface area contributed by atoms with Crippen LogP contribution in [0.5, 0.6) is 0 Å². The highest BCUT2D eigenvalue weighted by Gasteiger charge is 2.24. The third-order valence-corrected chi connectivity index (χ3v) is 10.6. The zero-order chi connectivity index (χ0) is 36.3. The fourth-order valence-electron chi connectivity index (χ4n) is 8.11. The summed E-state index contributed by atoms with van der Waals surface area (Å²) in [5.74, 6) is 1.40. The van der Waals surface area contributed by atoms with E-state index in [-0.39, 0.29) is 0 Å². The van der Waals surface area contributed by atoms with Gasteiger partial charge in [0.05, 0.1) is 39.3 Å². The van der Waals surface area contributed by atoms with Gasteiger partial charge >= 0.3 is 0 Å². The lowest BCUT2D eigenvalue weighted by molar-refractivity contribution is 1.19. The minimum atomic E-state index is 0.698. The normalized spacial score (nSPS) is 11.6. The van der Waals surface area contributed by atoms with Crippen LogP contribution in [0.25, 0.3) is 106 Å². The Kier molecular flexibility index (Phi) is 7.10. The van der Waals surface area contributed by atoms with E-state index < -0.39 is 0 Å². The summed E-state index contributed by atoms with van der Waals surface area (Å²) in [4.78, 5) is 20.9. The predicted molar refractivity (Wildman–Crippen MR) is 225 cm³/mol. The maximum atomic E-state index is 5.23. The van der Waals surface area contributed by atoms with Crippen molar-refractivity contribution in [1.29, 1.82) is 0 Å². The number of para-hydroxylation sites is 1. The maximum absolute atomic E-state index is 5.23. The molecule has 0 N–H and O–H groups in total. The zero-order valence-corrected chi connectivity index (χ0v) is 29.6. The first-order valence-electron chi connectivity index (χ1n) is 18.5. The highest BCUT2D eigenvalue weighted by atomic mass is 14.9. The molecule has 0 bridgehead atoms. The third kappa shape index (κ3) is 5.09. The van der Waals surface area contributed by atoms with E-state index in [2.05, 4.69) is 168 Å². The Bertz CT molecular complexity index is 2850. The van der Waals surface area contributed by atoms with Crippen LogP contribution in [0, 0.1) is 0 Å². The Balaban J connectivity index is 1.16. The van der Waals surface area contributed by atoms with Crippen LogP contribution < -0.4 is 0 Å². The van der Waals surface area contributed by atoms with Gasteiger partial charge in [-0.05, 0) is 24.3 Å². The fraction of sp³-hybridized carbons (Fsp3) is 0. The topological polar surface area (TPSA) is 56.0 Å². The molecular weight excluding hydrogens is 671 g/mol. The molecular formula is C50H31N5. The molecule has 0 fully saturated rings. The number of hydrogen-bond acceptors (Lipinski definition) is 4. The summed E-state index contributed by atoms with van der Waals surface area (Å²) in [6.07, 6.45) is 0. The Morgan fingerprint density at radius 1 is 0.309 bits per heavy atom. The maximum Gasteiger partial charge on any atom is 0.161 e. The standard InChI is InChI=1S/C50H31N5/c1-5-16-32(17-6-1)40-30-41(33-18-7-2-8-19-33)52-49(51-40)38-26-14-28-44-46(38)36-24-13-25-37-47-39(27-15-29-45(47)55(44)48(36)37)50-53-42(34-20-9-3-10-21-34)31-43(54-50)35-22-11-4-12-23-35/h1-31H. The van der Waals surface area contributed by atoms with E-state index >= 15 is 0 Å². The van der Waals surface area contributed by atoms with Gasteiger partial charge in [0.1, 0.15) is 0 Å². The number of nitrogens with zero attached hydrogens (tertiary/aromatic N) is 5. The highest BCUT2D eigenvalue weighted by molar-refractivity contribution is 6.27. The van der Waals surface area contributed by atoms with E-state index in [1.165, 1.54) is 0 Å². The summed E-state index contributed by atoms with van der Waals surface area (Å²) in [7, 11) is 0. The van der Waals surface area contributed by atoms with Gasteiger partial charge in [-0.1, -0.05) is 164 Å². The number of rotatable bonds is 6. The van der Waals surface area contributed by atoms with Gasteiger partial charge in [-0.3, -0.25) is 0 Å². The van der Waals surface area contributed by atoms with Crippen LogP contribution in [0.2, 0.25) is 0 Å². The zero-order valence-electron chi connectivity index (χ0n) is 29.6. The summed E-state index contributed by atoms with van der Waals surface area (Å²) in [6, 6.07) is 65.2. The molecule has 11 aromatic rings. The van der Waals surface area contributed by atoms with Gasteiger partial charge in [-0.25, -0.2) is 19.9 Å². The fourth-order valence-corrected chi connectivity index (χ4v) is 8.11. The molecule has 11 rings (SSSR count). The van der Waals surface area contributed by atoms with Crippen LogP contribution in [-0.4, -0.2) is 24.3 Å². The van der Waals surface area contributed by atoms with Crippen LogP contribution in [-0.2, 0) is 0 Å². The van der Waals surface area contributed by atoms with E-state index in [1.54, 1.807) is 0 Å². The van der Waals surface area contributed by atoms with Crippen LogP contribution in [0.1, 0.15) is 0 Å². The van der Waals surface area contributed by atoms with E-state index in [4.69, 9.17) is 19.9 Å². The molecule has 0 saturated carbocycles. The third-order valence-electron chi connectivity index (χ3n) is 10.6. The van der Waals surface area contributed by atoms with Gasteiger partial charge in [0, 0.05) is 54.9 Å². The molecule has 0 spiro atoms. The SMILES string of the molecule is c1ccc(-c2cc(-c3ccccc3)nc(-c3cccc4c3c3cccc5c6c(-c7nc(-c8ccccc8)cc(-c8ccccc8)n7)cccc6n4c35)n2)cc1. The number of fused-ring (bicyclic) bond motifs is 6. The quantitative estimate of drug-likeness (QED) is 0.173. The average molecular weight is 702 g/mol. The monoisotopic (exact) mass is 701 g/mol. The molecule has 0 unspecified atom stereocenters. The molecule has 0 aliphatic carbocycles. The predicted octanol–water partition coefficient (Wildman–Crippen LogP) is 12.4. The Morgan fingerprint density at radius 2 is 0.636 bits per heavy atom. The van der Waals surface area contributed by atoms with E-state index in [9.17, 15) is 0 Å². The van der Waals surface area contributed by atoms with Gasteiger partial charge < -0.3 is 4.40 Å². The van der Waals surface area contributed by atoms with Crippen molar-refractivity contribution in [3.63, 3.8) is 0 Å². The second-order valence-corrected chi connectivity index (χ2v) is 13.8. The van der Waals surface area contributed by atoms with Crippen LogP contribution in [0.4, 0.5) is 0 Å². The highest BCUT2D eigenvalue weighted by Crippen LogP contribution is 2.45. The molecule has 4 aromatic heterocycles. The minimum Gasteiger partial charge on any atom is -0.308 e. The van der Waals surface area contributed by atoms with Gasteiger partial charge in [-0.2, -0.15) is 0 Å². The van der Waals surface area contributed by atoms with Crippen molar-refractivity contribution in [1.82, 2.24) is 24.3 Å². The first-order chi connectivity index (χ1) is 27.3. The Hall–Kier alpha value is -7.50. The molecule has 0 saturated heterocycles. The number of hydrogen-bond donors (Lipinski definition) is 0. The van der Waals surface area contributed by atoms with E-state index in [1.807, 2.05) is 24.3 Å². The summed E-state index contributed by atoms with van der Waals surface area (Å²) >= 11 is 0. The Labute approximate surface area is 317 Å². The molecule has 55 heavy (non-hydrogen) atoms. The summed E-state index contributed by atoms with van der Waals surface area (Å²) in [5.41, 5.74) is 13.1. The van der Waals surface area contributed by atoms with Crippen molar-refractivity contribution in [2.45, 2.75) is 0 Å². The lowest BCUT2D eigenvalue weighted by atomic mass is 10.0.